The fraction of sp³-hybridized carbons (Fsp3) is 0.320. The van der Waals surface area contributed by atoms with Crippen molar-refractivity contribution in [3.8, 4) is 12.3 Å². The van der Waals surface area contributed by atoms with Gasteiger partial charge in [0.15, 0.2) is 0 Å². The van der Waals surface area contributed by atoms with Gasteiger partial charge in [-0.1, -0.05) is 24.1 Å². The van der Waals surface area contributed by atoms with Crippen LogP contribution in [0.2, 0.25) is 0 Å². The minimum atomic E-state index is -0.209. The van der Waals surface area contributed by atoms with Crippen LogP contribution in [0.15, 0.2) is 42.5 Å². The number of carbonyl (C=O) groups is 2. The van der Waals surface area contributed by atoms with Crippen LogP contribution in [0.25, 0.3) is 0 Å². The van der Waals surface area contributed by atoms with E-state index in [-0.39, 0.29) is 18.4 Å². The lowest BCUT2D eigenvalue weighted by Crippen LogP contribution is -2.35. The first kappa shape index (κ1) is 23.0. The summed E-state index contributed by atoms with van der Waals surface area (Å²) in [6.07, 6.45) is 6.11. The summed E-state index contributed by atoms with van der Waals surface area (Å²) in [5.74, 6) is 2.40. The molecule has 0 unspecified atom stereocenters. The van der Waals surface area contributed by atoms with Crippen molar-refractivity contribution in [3.63, 3.8) is 0 Å². The molecule has 2 aromatic carbocycles. The molecule has 166 valence electrons. The molecule has 0 aromatic heterocycles. The number of amides is 1. The number of amidine groups is 1. The summed E-state index contributed by atoms with van der Waals surface area (Å²) in [4.78, 5) is 28.1. The summed E-state index contributed by atoms with van der Waals surface area (Å²) in [7, 11) is 1.76. The van der Waals surface area contributed by atoms with Crippen molar-refractivity contribution >= 4 is 23.4 Å². The van der Waals surface area contributed by atoms with Crippen molar-refractivity contribution < 1.29 is 14.3 Å². The lowest BCUT2D eigenvalue weighted by molar-refractivity contribution is -0.144. The van der Waals surface area contributed by atoms with E-state index in [4.69, 9.17) is 16.6 Å². The van der Waals surface area contributed by atoms with E-state index in [1.165, 1.54) is 5.56 Å². The van der Waals surface area contributed by atoms with Gasteiger partial charge in [0.2, 0.25) is 0 Å². The maximum Gasteiger partial charge on any atom is 0.320 e. The predicted octanol–water partition coefficient (Wildman–Crippen LogP) is 2.75. The number of ether oxygens (including phenoxy) is 1. The zero-order valence-electron chi connectivity index (χ0n) is 18.5. The molecular weight excluding hydrogens is 404 g/mol. The molecule has 0 saturated carbocycles. The van der Waals surface area contributed by atoms with Crippen LogP contribution in [-0.4, -0.2) is 60.8 Å². The highest BCUT2D eigenvalue weighted by Gasteiger charge is 2.19. The Hall–Kier alpha value is -3.63. The Kier molecular flexibility index (Phi) is 7.63. The maximum atomic E-state index is 12.7. The van der Waals surface area contributed by atoms with Gasteiger partial charge >= 0.3 is 5.97 Å². The molecule has 32 heavy (non-hydrogen) atoms. The Balaban J connectivity index is 1.61. The number of hydrogen-bond donors (Lipinski definition) is 2. The average Bonchev–Trinajstić information content (AvgIpc) is 2.79. The molecule has 0 bridgehead atoms. The number of fused-ring (bicyclic) bond motifs is 1. The van der Waals surface area contributed by atoms with Gasteiger partial charge in [-0.2, -0.15) is 0 Å². The highest BCUT2D eigenvalue weighted by Crippen LogP contribution is 2.23. The van der Waals surface area contributed by atoms with Crippen LogP contribution >= 0.6 is 0 Å². The van der Waals surface area contributed by atoms with E-state index in [2.05, 4.69) is 16.1 Å². The van der Waals surface area contributed by atoms with Crippen LogP contribution in [0, 0.1) is 17.8 Å². The van der Waals surface area contributed by atoms with E-state index < -0.39 is 0 Å². The van der Waals surface area contributed by atoms with E-state index in [9.17, 15) is 9.59 Å². The molecule has 0 spiro atoms. The van der Waals surface area contributed by atoms with Crippen LogP contribution < -0.4 is 5.32 Å². The highest BCUT2D eigenvalue weighted by molar-refractivity contribution is 6.05. The molecule has 2 aromatic rings. The molecular formula is C25H28N4O3. The third-order valence-electron chi connectivity index (χ3n) is 5.34. The summed E-state index contributed by atoms with van der Waals surface area (Å²) >= 11 is 0. The number of rotatable bonds is 7. The molecule has 1 heterocycles. The van der Waals surface area contributed by atoms with Crippen molar-refractivity contribution in [1.29, 1.82) is 5.41 Å². The number of nitrogens with zero attached hydrogens (tertiary/aromatic N) is 2. The van der Waals surface area contributed by atoms with Gasteiger partial charge in [-0.05, 0) is 48.7 Å². The van der Waals surface area contributed by atoms with Gasteiger partial charge in [-0.25, -0.2) is 0 Å². The molecule has 0 radical (unpaired) electrons. The first-order valence-corrected chi connectivity index (χ1v) is 10.6. The Bertz CT molecular complexity index is 1040. The molecule has 0 atom stereocenters. The predicted molar refractivity (Wildman–Crippen MR) is 125 cm³/mol. The molecule has 7 heteroatoms. The van der Waals surface area contributed by atoms with Gasteiger partial charge in [0, 0.05) is 37.0 Å². The zero-order chi connectivity index (χ0) is 23.1. The quantitative estimate of drug-likeness (QED) is 0.304. The summed E-state index contributed by atoms with van der Waals surface area (Å²) in [6.45, 7) is 4.28. The minimum Gasteiger partial charge on any atom is -0.465 e. The molecule has 0 fully saturated rings. The maximum absolute atomic E-state index is 12.7. The van der Waals surface area contributed by atoms with Gasteiger partial charge < -0.3 is 15.0 Å². The van der Waals surface area contributed by atoms with Gasteiger partial charge in [-0.3, -0.25) is 19.9 Å². The van der Waals surface area contributed by atoms with Gasteiger partial charge in [-0.15, -0.1) is 6.42 Å². The Morgan fingerprint density at radius 3 is 2.59 bits per heavy atom. The van der Waals surface area contributed by atoms with Crippen molar-refractivity contribution in [1.82, 2.24) is 9.80 Å². The number of terminal acetylenes is 1. The number of benzene rings is 2. The van der Waals surface area contributed by atoms with E-state index in [0.717, 1.165) is 24.2 Å². The standard InChI is InChI=1S/C25H28N4O3/c1-4-13-28(3)24(26)18-6-8-19(9-7-18)25(31)27-22-11-10-21-16-29(14-12-20(21)15-22)17-23(30)32-5-2/h1,6-11,15,26H,5,12-14,16-17H2,2-3H3,(H,27,31). The van der Waals surface area contributed by atoms with E-state index >= 15 is 0 Å². The summed E-state index contributed by atoms with van der Waals surface area (Å²) < 4.78 is 5.03. The average molecular weight is 433 g/mol. The summed E-state index contributed by atoms with van der Waals surface area (Å²) in [5.41, 5.74) is 4.26. The molecule has 3 rings (SSSR count). The number of carbonyl (C=O) groups excluding carboxylic acids is 2. The Labute approximate surface area is 188 Å². The SMILES string of the molecule is C#CCN(C)C(=N)c1ccc(C(=O)Nc2ccc3c(c2)CCN(CC(=O)OCC)C3)cc1. The van der Waals surface area contributed by atoms with Gasteiger partial charge in [0.1, 0.15) is 5.84 Å². The third kappa shape index (κ3) is 5.74. The number of nitrogens with one attached hydrogen (secondary N) is 2. The van der Waals surface area contributed by atoms with E-state index in [1.807, 2.05) is 18.2 Å². The molecule has 7 nitrogen and oxygen atoms in total. The Morgan fingerprint density at radius 2 is 1.91 bits per heavy atom. The molecule has 0 saturated heterocycles. The van der Waals surface area contributed by atoms with Crippen molar-refractivity contribution in [2.24, 2.45) is 0 Å². The van der Waals surface area contributed by atoms with Crippen LogP contribution in [0.1, 0.15) is 34.0 Å². The minimum absolute atomic E-state index is 0.205. The molecule has 2 N–H and O–H groups in total. The van der Waals surface area contributed by atoms with Crippen molar-refractivity contribution in [2.75, 3.05) is 38.6 Å². The summed E-state index contributed by atoms with van der Waals surface area (Å²) in [6, 6.07) is 12.8. The second kappa shape index (κ2) is 10.6. The van der Waals surface area contributed by atoms with Crippen LogP contribution in [0.5, 0.6) is 0 Å². The molecule has 1 amide bonds. The highest BCUT2D eigenvalue weighted by atomic mass is 16.5. The fourth-order valence-corrected chi connectivity index (χ4v) is 3.63. The van der Waals surface area contributed by atoms with Crippen molar-refractivity contribution in [3.05, 3.63) is 64.7 Å². The number of anilines is 1. The second-order valence-electron chi connectivity index (χ2n) is 7.69. The van der Waals surface area contributed by atoms with E-state index in [1.54, 1.807) is 43.1 Å². The topological polar surface area (TPSA) is 85.7 Å². The summed E-state index contributed by atoms with van der Waals surface area (Å²) in [5, 5.41) is 11.1. The van der Waals surface area contributed by atoms with Crippen LogP contribution in [0.3, 0.4) is 0 Å². The largest absolute Gasteiger partial charge is 0.465 e. The lowest BCUT2D eigenvalue weighted by Gasteiger charge is -2.28. The van der Waals surface area contributed by atoms with E-state index in [0.29, 0.717) is 36.7 Å². The zero-order valence-corrected chi connectivity index (χ0v) is 18.5. The smallest absolute Gasteiger partial charge is 0.320 e. The number of hydrogen-bond acceptors (Lipinski definition) is 5. The lowest BCUT2D eigenvalue weighted by atomic mass is 9.99. The fourth-order valence-electron chi connectivity index (χ4n) is 3.63. The first-order chi connectivity index (χ1) is 15.4. The Morgan fingerprint density at radius 1 is 1.19 bits per heavy atom. The second-order valence-corrected chi connectivity index (χ2v) is 7.69. The normalized spacial score (nSPS) is 12.9. The monoisotopic (exact) mass is 432 g/mol. The molecule has 0 aliphatic carbocycles. The van der Waals surface area contributed by atoms with Crippen molar-refractivity contribution in [2.45, 2.75) is 19.9 Å². The third-order valence-corrected chi connectivity index (χ3v) is 5.34. The number of esters is 1. The van der Waals surface area contributed by atoms with Gasteiger partial charge in [0.05, 0.1) is 19.7 Å². The molecule has 1 aliphatic heterocycles. The van der Waals surface area contributed by atoms with Crippen LogP contribution in [0.4, 0.5) is 5.69 Å². The van der Waals surface area contributed by atoms with Gasteiger partial charge in [0.25, 0.3) is 5.91 Å². The first-order valence-electron chi connectivity index (χ1n) is 10.6. The van der Waals surface area contributed by atoms with Crippen LogP contribution in [-0.2, 0) is 22.5 Å². The molecule has 1 aliphatic rings.